The Bertz CT molecular complexity index is 1510. The highest BCUT2D eigenvalue weighted by Crippen LogP contribution is 2.22. The monoisotopic (exact) mass is 568 g/mol. The van der Waals surface area contributed by atoms with E-state index in [0.29, 0.717) is 28.3 Å². The van der Waals surface area contributed by atoms with Crippen molar-refractivity contribution in [3.05, 3.63) is 126 Å². The largest absolute Gasteiger partial charge is 0.492 e. The zero-order chi connectivity index (χ0) is 30.1. The summed E-state index contributed by atoms with van der Waals surface area (Å²) in [5, 5.41) is 13.0. The van der Waals surface area contributed by atoms with E-state index in [9.17, 15) is 23.9 Å². The Balaban J connectivity index is 1.39. The molecular weight excluding hydrogens is 535 g/mol. The Morgan fingerprint density at radius 1 is 0.857 bits per heavy atom. The maximum Gasteiger partial charge on any atom is 0.326 e. The van der Waals surface area contributed by atoms with Gasteiger partial charge in [-0.25, -0.2) is 9.18 Å². The SMILES string of the molecule is CC(C)C(=O)N(CCOc1ccc(C[C@H](Nc2ccccc2C(=O)c2ccccc2)C(=O)O)cc1)c1ccc(F)cc1. The second-order valence-corrected chi connectivity index (χ2v) is 10.1. The van der Waals surface area contributed by atoms with Gasteiger partial charge in [0.25, 0.3) is 0 Å². The van der Waals surface area contributed by atoms with Gasteiger partial charge < -0.3 is 20.1 Å². The predicted octanol–water partition coefficient (Wildman–Crippen LogP) is 6.23. The first-order valence-corrected chi connectivity index (χ1v) is 13.7. The standard InChI is InChI=1S/C34H33FN2O5/c1-23(2)33(39)37(27-16-14-26(35)15-17-27)20-21-42-28-18-12-24(13-19-28)22-31(34(40)41)36-30-11-7-6-10-29(30)32(38)25-8-4-3-5-9-25/h3-19,23,31,36H,20-22H2,1-2H3,(H,40,41)/t31-/m0/s1. The third-order valence-corrected chi connectivity index (χ3v) is 6.68. The summed E-state index contributed by atoms with van der Waals surface area (Å²) < 4.78 is 19.2. The van der Waals surface area contributed by atoms with Gasteiger partial charge in [0.2, 0.25) is 5.91 Å². The average molecular weight is 569 g/mol. The van der Waals surface area contributed by atoms with Crippen LogP contribution in [0.25, 0.3) is 0 Å². The third kappa shape index (κ3) is 7.81. The first-order chi connectivity index (χ1) is 20.2. The van der Waals surface area contributed by atoms with Crippen molar-refractivity contribution in [3.8, 4) is 5.75 Å². The molecular formula is C34H33FN2O5. The van der Waals surface area contributed by atoms with Crippen molar-refractivity contribution in [2.24, 2.45) is 5.92 Å². The predicted molar refractivity (Wildman–Crippen MR) is 161 cm³/mol. The Labute approximate surface area is 244 Å². The van der Waals surface area contributed by atoms with Crippen LogP contribution in [0.15, 0.2) is 103 Å². The van der Waals surface area contributed by atoms with Gasteiger partial charge in [0.05, 0.1) is 6.54 Å². The first-order valence-electron chi connectivity index (χ1n) is 13.7. The Morgan fingerprint density at radius 2 is 1.50 bits per heavy atom. The topological polar surface area (TPSA) is 95.9 Å². The molecule has 0 aliphatic heterocycles. The third-order valence-electron chi connectivity index (χ3n) is 6.68. The molecule has 0 aliphatic carbocycles. The van der Waals surface area contributed by atoms with Gasteiger partial charge in [0, 0.05) is 34.8 Å². The minimum Gasteiger partial charge on any atom is -0.492 e. The van der Waals surface area contributed by atoms with E-state index in [2.05, 4.69) is 5.32 Å². The van der Waals surface area contributed by atoms with Crippen LogP contribution in [0.1, 0.15) is 35.3 Å². The van der Waals surface area contributed by atoms with E-state index in [-0.39, 0.29) is 43.0 Å². The van der Waals surface area contributed by atoms with Crippen LogP contribution in [0.4, 0.5) is 15.8 Å². The van der Waals surface area contributed by atoms with Gasteiger partial charge in [-0.15, -0.1) is 0 Å². The number of hydrogen-bond donors (Lipinski definition) is 2. The number of halogens is 1. The van der Waals surface area contributed by atoms with E-state index >= 15 is 0 Å². The molecule has 1 atom stereocenters. The number of ketones is 1. The van der Waals surface area contributed by atoms with E-state index in [4.69, 9.17) is 4.74 Å². The van der Waals surface area contributed by atoms with Gasteiger partial charge >= 0.3 is 5.97 Å². The van der Waals surface area contributed by atoms with Crippen LogP contribution in [-0.2, 0) is 16.0 Å². The minimum absolute atomic E-state index is 0.0974. The van der Waals surface area contributed by atoms with E-state index in [1.165, 1.54) is 12.1 Å². The van der Waals surface area contributed by atoms with Crippen molar-refractivity contribution in [3.63, 3.8) is 0 Å². The lowest BCUT2D eigenvalue weighted by Gasteiger charge is -2.25. The first kappa shape index (κ1) is 30.0. The van der Waals surface area contributed by atoms with Gasteiger partial charge in [-0.1, -0.05) is 68.4 Å². The number of hydrogen-bond acceptors (Lipinski definition) is 5. The molecule has 0 spiro atoms. The molecule has 4 rings (SSSR count). The number of anilines is 2. The molecule has 4 aromatic carbocycles. The summed E-state index contributed by atoms with van der Waals surface area (Å²) in [6, 6.07) is 27.5. The fourth-order valence-corrected chi connectivity index (χ4v) is 4.45. The Morgan fingerprint density at radius 3 is 2.14 bits per heavy atom. The van der Waals surface area contributed by atoms with Gasteiger partial charge in [0.15, 0.2) is 5.78 Å². The van der Waals surface area contributed by atoms with E-state index in [1.54, 1.807) is 104 Å². The van der Waals surface area contributed by atoms with Crippen molar-refractivity contribution < 1.29 is 28.6 Å². The highest BCUT2D eigenvalue weighted by atomic mass is 19.1. The molecule has 0 bridgehead atoms. The second kappa shape index (κ2) is 14.1. The number of nitrogens with one attached hydrogen (secondary N) is 1. The summed E-state index contributed by atoms with van der Waals surface area (Å²) in [5.41, 5.74) is 2.71. The molecule has 0 saturated heterocycles. The number of rotatable bonds is 13. The molecule has 4 aromatic rings. The van der Waals surface area contributed by atoms with Crippen LogP contribution in [0.3, 0.4) is 0 Å². The van der Waals surface area contributed by atoms with Crippen molar-refractivity contribution in [1.82, 2.24) is 0 Å². The highest BCUT2D eigenvalue weighted by molar-refractivity contribution is 6.12. The van der Waals surface area contributed by atoms with Crippen molar-refractivity contribution in [2.75, 3.05) is 23.4 Å². The summed E-state index contributed by atoms with van der Waals surface area (Å²) in [7, 11) is 0. The number of ether oxygens (including phenoxy) is 1. The van der Waals surface area contributed by atoms with Crippen LogP contribution >= 0.6 is 0 Å². The van der Waals surface area contributed by atoms with Crippen LogP contribution < -0.4 is 15.0 Å². The maximum absolute atomic E-state index is 13.4. The molecule has 0 saturated carbocycles. The summed E-state index contributed by atoms with van der Waals surface area (Å²) in [5.74, 6) is -1.40. The summed E-state index contributed by atoms with van der Waals surface area (Å²) in [6.45, 7) is 4.09. The molecule has 0 aromatic heterocycles. The zero-order valence-electron chi connectivity index (χ0n) is 23.5. The number of carbonyl (C=O) groups excluding carboxylic acids is 2. The van der Waals surface area contributed by atoms with Crippen LogP contribution in [0, 0.1) is 11.7 Å². The maximum atomic E-state index is 13.4. The molecule has 0 unspecified atom stereocenters. The van der Waals surface area contributed by atoms with Crippen LogP contribution in [0.5, 0.6) is 5.75 Å². The molecule has 8 heteroatoms. The molecule has 7 nitrogen and oxygen atoms in total. The molecule has 216 valence electrons. The van der Waals surface area contributed by atoms with Crippen molar-refractivity contribution >= 4 is 29.0 Å². The van der Waals surface area contributed by atoms with Crippen molar-refractivity contribution in [2.45, 2.75) is 26.3 Å². The number of carbonyl (C=O) groups is 3. The van der Waals surface area contributed by atoms with E-state index in [0.717, 1.165) is 5.56 Å². The molecule has 1 amide bonds. The second-order valence-electron chi connectivity index (χ2n) is 10.1. The molecule has 0 radical (unpaired) electrons. The smallest absolute Gasteiger partial charge is 0.326 e. The minimum atomic E-state index is -1.05. The fraction of sp³-hybridized carbons (Fsp3) is 0.206. The van der Waals surface area contributed by atoms with Gasteiger partial charge in [-0.05, 0) is 54.1 Å². The summed E-state index contributed by atoms with van der Waals surface area (Å²) in [6.07, 6.45) is 0.171. The Hall–Kier alpha value is -4.98. The van der Waals surface area contributed by atoms with E-state index < -0.39 is 12.0 Å². The lowest BCUT2D eigenvalue weighted by molar-refractivity contribution is -0.137. The van der Waals surface area contributed by atoms with Gasteiger partial charge in [-0.3, -0.25) is 9.59 Å². The highest BCUT2D eigenvalue weighted by Gasteiger charge is 2.22. The molecule has 2 N–H and O–H groups in total. The summed E-state index contributed by atoms with van der Waals surface area (Å²) >= 11 is 0. The fourth-order valence-electron chi connectivity index (χ4n) is 4.45. The average Bonchev–Trinajstić information content (AvgIpc) is 3.00. The lowest BCUT2D eigenvalue weighted by Crippen LogP contribution is -2.37. The normalized spacial score (nSPS) is 11.5. The van der Waals surface area contributed by atoms with E-state index in [1.807, 2.05) is 6.07 Å². The molecule has 0 fully saturated rings. The molecule has 42 heavy (non-hydrogen) atoms. The number of para-hydroxylation sites is 1. The number of benzene rings is 4. The lowest BCUT2D eigenvalue weighted by atomic mass is 10.00. The zero-order valence-corrected chi connectivity index (χ0v) is 23.5. The summed E-state index contributed by atoms with van der Waals surface area (Å²) in [4.78, 5) is 39.5. The van der Waals surface area contributed by atoms with Gasteiger partial charge in [-0.2, -0.15) is 0 Å². The molecule has 0 aliphatic rings. The number of nitrogens with zero attached hydrogens (tertiary/aromatic N) is 1. The van der Waals surface area contributed by atoms with Crippen molar-refractivity contribution in [1.29, 1.82) is 0 Å². The number of amides is 1. The number of aliphatic carboxylic acids is 1. The van der Waals surface area contributed by atoms with Crippen LogP contribution in [0.2, 0.25) is 0 Å². The molecule has 0 heterocycles. The number of carboxylic acid groups (broad SMARTS) is 1. The van der Waals surface area contributed by atoms with Gasteiger partial charge in [0.1, 0.15) is 24.2 Å². The quantitative estimate of drug-likeness (QED) is 0.186. The Kier molecular flexibility index (Phi) is 10.1. The van der Waals surface area contributed by atoms with Crippen LogP contribution in [-0.4, -0.2) is 42.0 Å². The number of carboxylic acids is 1.